The number of fused-ring (bicyclic) bond motifs is 6. The van der Waals surface area contributed by atoms with Crippen molar-refractivity contribution in [3.63, 3.8) is 0 Å². The Morgan fingerprint density at radius 3 is 1.64 bits per heavy atom. The average Bonchev–Trinajstić information content (AvgIpc) is 2.65. The van der Waals surface area contributed by atoms with Crippen LogP contribution in [0, 0.1) is 0 Å². The van der Waals surface area contributed by atoms with Gasteiger partial charge in [0.2, 0.25) is 12.6 Å². The normalized spacial score (nSPS) is 20.2. The number of benzene rings is 2. The molecule has 0 spiro atoms. The van der Waals surface area contributed by atoms with Gasteiger partial charge in [-0.3, -0.25) is 4.74 Å². The van der Waals surface area contributed by atoms with Gasteiger partial charge in [0.25, 0.3) is 0 Å². The van der Waals surface area contributed by atoms with Gasteiger partial charge in [0.1, 0.15) is 11.5 Å². The molecule has 2 atom stereocenters. The summed E-state index contributed by atoms with van der Waals surface area (Å²) >= 11 is 0. The maximum absolute atomic E-state index is 9.12. The Kier molecular flexibility index (Phi) is 4.61. The number of aliphatic hydroxyl groups is 2. The van der Waals surface area contributed by atoms with Crippen LogP contribution < -0.4 is 9.47 Å². The van der Waals surface area contributed by atoms with Crippen molar-refractivity contribution in [3.05, 3.63) is 58.7 Å². The molecular formula is C20H22O5. The van der Waals surface area contributed by atoms with Gasteiger partial charge in [-0.2, -0.15) is 0 Å². The number of hydrogen-bond donors (Lipinski definition) is 2. The first-order valence-electron chi connectivity index (χ1n) is 8.76. The minimum atomic E-state index is -0.495. The summed E-state index contributed by atoms with van der Waals surface area (Å²) < 4.78 is 18.3. The van der Waals surface area contributed by atoms with E-state index in [0.29, 0.717) is 12.8 Å². The Hall–Kier alpha value is -2.08. The van der Waals surface area contributed by atoms with Crippen LogP contribution in [0.5, 0.6) is 11.5 Å². The second kappa shape index (κ2) is 7.04. The molecule has 25 heavy (non-hydrogen) atoms. The van der Waals surface area contributed by atoms with Gasteiger partial charge in [-0.15, -0.1) is 0 Å². The average molecular weight is 342 g/mol. The SMILES string of the molecule is OCCCc1cccc2c1OC1OC2Oc2c(CCCO)cccc21. The lowest BCUT2D eigenvalue weighted by Crippen LogP contribution is -2.31. The van der Waals surface area contributed by atoms with E-state index in [0.717, 1.165) is 46.6 Å². The molecule has 0 amide bonds. The predicted molar refractivity (Wildman–Crippen MR) is 91.5 cm³/mol. The zero-order valence-corrected chi connectivity index (χ0v) is 14.0. The van der Waals surface area contributed by atoms with Crippen molar-refractivity contribution in [1.29, 1.82) is 0 Å². The highest BCUT2D eigenvalue weighted by Crippen LogP contribution is 2.49. The lowest BCUT2D eigenvalue weighted by molar-refractivity contribution is -0.228. The molecule has 132 valence electrons. The standard InChI is InChI=1S/C20H22O5/c21-11-3-7-13-5-1-9-15-17(13)23-20-16-10-2-6-14(8-4-12-22)18(16)24-19(15)25-20/h1-2,5-6,9-10,19-22H,3-4,7-8,11-12H2. The molecule has 0 fully saturated rings. The van der Waals surface area contributed by atoms with Crippen LogP contribution in [0.15, 0.2) is 36.4 Å². The van der Waals surface area contributed by atoms with Crippen molar-refractivity contribution in [2.24, 2.45) is 0 Å². The van der Waals surface area contributed by atoms with Gasteiger partial charge in [0.05, 0.1) is 11.1 Å². The van der Waals surface area contributed by atoms with Crippen molar-refractivity contribution in [2.75, 3.05) is 13.2 Å². The fraction of sp³-hybridized carbons (Fsp3) is 0.400. The van der Waals surface area contributed by atoms with E-state index in [9.17, 15) is 0 Å². The molecule has 0 saturated heterocycles. The molecule has 5 nitrogen and oxygen atoms in total. The van der Waals surface area contributed by atoms with Crippen LogP contribution >= 0.6 is 0 Å². The second-order valence-corrected chi connectivity index (χ2v) is 6.36. The molecule has 2 aliphatic rings. The molecule has 4 rings (SSSR count). The molecule has 2 aromatic rings. The first kappa shape index (κ1) is 16.4. The van der Waals surface area contributed by atoms with Crippen molar-refractivity contribution < 1.29 is 24.4 Å². The summed E-state index contributed by atoms with van der Waals surface area (Å²) in [7, 11) is 0. The lowest BCUT2D eigenvalue weighted by atomic mass is 9.99. The van der Waals surface area contributed by atoms with Crippen molar-refractivity contribution in [3.8, 4) is 11.5 Å². The number of para-hydroxylation sites is 2. The largest absolute Gasteiger partial charge is 0.459 e. The van der Waals surface area contributed by atoms with Crippen LogP contribution in [0.4, 0.5) is 0 Å². The molecular weight excluding hydrogens is 320 g/mol. The third kappa shape index (κ3) is 2.99. The minimum absolute atomic E-state index is 0.153. The van der Waals surface area contributed by atoms with Gasteiger partial charge < -0.3 is 19.7 Å². The quantitative estimate of drug-likeness (QED) is 0.844. The number of rotatable bonds is 6. The van der Waals surface area contributed by atoms with Crippen LogP contribution in [0.1, 0.15) is 47.7 Å². The second-order valence-electron chi connectivity index (χ2n) is 6.36. The minimum Gasteiger partial charge on any atom is -0.459 e. The number of hydrogen-bond acceptors (Lipinski definition) is 5. The van der Waals surface area contributed by atoms with E-state index in [-0.39, 0.29) is 13.2 Å². The van der Waals surface area contributed by atoms with Crippen LogP contribution in [-0.4, -0.2) is 23.4 Å². The van der Waals surface area contributed by atoms with Crippen LogP contribution in [0.25, 0.3) is 0 Å². The predicted octanol–water partition coefficient (Wildman–Crippen LogP) is 3.04. The van der Waals surface area contributed by atoms with E-state index in [1.807, 2.05) is 36.4 Å². The molecule has 2 N–H and O–H groups in total. The Morgan fingerprint density at radius 2 is 1.20 bits per heavy atom. The number of aliphatic hydroxyl groups excluding tert-OH is 2. The maximum Gasteiger partial charge on any atom is 0.233 e. The Labute approximate surface area is 146 Å². The summed E-state index contributed by atoms with van der Waals surface area (Å²) in [6.45, 7) is 0.307. The highest BCUT2D eigenvalue weighted by atomic mass is 16.8. The fourth-order valence-electron chi connectivity index (χ4n) is 3.46. The molecule has 2 aromatic carbocycles. The Morgan fingerprint density at radius 1 is 0.720 bits per heavy atom. The zero-order chi connectivity index (χ0) is 17.2. The van der Waals surface area contributed by atoms with E-state index in [1.165, 1.54) is 0 Å². The first-order chi connectivity index (χ1) is 12.3. The van der Waals surface area contributed by atoms with E-state index < -0.39 is 12.6 Å². The zero-order valence-electron chi connectivity index (χ0n) is 14.0. The summed E-state index contributed by atoms with van der Waals surface area (Å²) in [6, 6.07) is 11.9. The third-order valence-electron chi connectivity index (χ3n) is 4.67. The summed E-state index contributed by atoms with van der Waals surface area (Å²) in [5.41, 5.74) is 3.89. The van der Waals surface area contributed by atoms with Gasteiger partial charge in [-0.1, -0.05) is 24.3 Å². The monoisotopic (exact) mass is 342 g/mol. The Balaban J connectivity index is 1.69. The first-order valence-corrected chi connectivity index (χ1v) is 8.76. The van der Waals surface area contributed by atoms with Gasteiger partial charge in [-0.25, -0.2) is 0 Å². The molecule has 5 heteroatoms. The van der Waals surface area contributed by atoms with Gasteiger partial charge in [0.15, 0.2) is 0 Å². The molecule has 0 radical (unpaired) electrons. The molecule has 2 aliphatic heterocycles. The van der Waals surface area contributed by atoms with Crippen LogP contribution in [0.3, 0.4) is 0 Å². The summed E-state index contributed by atoms with van der Waals surface area (Å²) in [4.78, 5) is 0. The van der Waals surface area contributed by atoms with E-state index in [4.69, 9.17) is 24.4 Å². The molecule has 2 heterocycles. The van der Waals surface area contributed by atoms with Crippen LogP contribution in [-0.2, 0) is 17.6 Å². The van der Waals surface area contributed by atoms with E-state index in [2.05, 4.69) is 0 Å². The molecule has 0 aromatic heterocycles. The fourth-order valence-corrected chi connectivity index (χ4v) is 3.46. The maximum atomic E-state index is 9.12. The van der Waals surface area contributed by atoms with E-state index in [1.54, 1.807) is 0 Å². The van der Waals surface area contributed by atoms with Gasteiger partial charge in [0, 0.05) is 13.2 Å². The Bertz CT molecular complexity index is 694. The van der Waals surface area contributed by atoms with Crippen molar-refractivity contribution in [2.45, 2.75) is 38.3 Å². The van der Waals surface area contributed by atoms with Gasteiger partial charge >= 0.3 is 0 Å². The third-order valence-corrected chi connectivity index (χ3v) is 4.67. The molecule has 2 bridgehead atoms. The van der Waals surface area contributed by atoms with E-state index >= 15 is 0 Å². The summed E-state index contributed by atoms with van der Waals surface area (Å²) in [5.74, 6) is 1.62. The smallest absolute Gasteiger partial charge is 0.233 e. The van der Waals surface area contributed by atoms with Crippen LogP contribution in [0.2, 0.25) is 0 Å². The van der Waals surface area contributed by atoms with Crippen molar-refractivity contribution >= 4 is 0 Å². The lowest BCUT2D eigenvalue weighted by Gasteiger charge is -2.39. The molecule has 0 aliphatic carbocycles. The summed E-state index contributed by atoms with van der Waals surface area (Å²) in [5, 5.41) is 18.2. The van der Waals surface area contributed by atoms with Crippen molar-refractivity contribution in [1.82, 2.24) is 0 Å². The molecule has 0 saturated carbocycles. The number of ether oxygens (including phenoxy) is 3. The highest BCUT2D eigenvalue weighted by Gasteiger charge is 2.39. The van der Waals surface area contributed by atoms with Gasteiger partial charge in [-0.05, 0) is 48.9 Å². The molecule has 2 unspecified atom stereocenters. The summed E-state index contributed by atoms with van der Waals surface area (Å²) in [6.07, 6.45) is 1.90. The highest BCUT2D eigenvalue weighted by molar-refractivity contribution is 5.49. The topological polar surface area (TPSA) is 68.2 Å². The number of aryl methyl sites for hydroxylation is 2.